The zero-order valence-electron chi connectivity index (χ0n) is 10.2. The molecule has 0 spiro atoms. The smallest absolute Gasteiger partial charge is 0.206 e. The van der Waals surface area contributed by atoms with Crippen LogP contribution in [0.4, 0.5) is 0 Å². The van der Waals surface area contributed by atoms with Crippen molar-refractivity contribution in [1.82, 2.24) is 0 Å². The SMILES string of the molecule is CCOc1ccc(Br)cc1C(=O)c1sccc1C. The van der Waals surface area contributed by atoms with Crippen LogP contribution in [0.1, 0.15) is 27.7 Å². The molecule has 0 bridgehead atoms. The zero-order chi connectivity index (χ0) is 13.1. The average Bonchev–Trinajstić information content (AvgIpc) is 2.77. The van der Waals surface area contributed by atoms with Crippen LogP contribution < -0.4 is 4.74 Å². The van der Waals surface area contributed by atoms with E-state index >= 15 is 0 Å². The second-order valence-electron chi connectivity index (χ2n) is 3.84. The predicted octanol–water partition coefficient (Wildman–Crippen LogP) is 4.45. The molecule has 0 saturated heterocycles. The molecule has 2 aromatic rings. The third-order valence-corrected chi connectivity index (χ3v) is 4.06. The second kappa shape index (κ2) is 5.67. The number of carbonyl (C=O) groups excluding carboxylic acids is 1. The first kappa shape index (κ1) is 13.3. The highest BCUT2D eigenvalue weighted by Crippen LogP contribution is 2.28. The van der Waals surface area contributed by atoms with Crippen LogP contribution in [0.3, 0.4) is 0 Å². The van der Waals surface area contributed by atoms with Gasteiger partial charge >= 0.3 is 0 Å². The van der Waals surface area contributed by atoms with E-state index in [1.165, 1.54) is 11.3 Å². The summed E-state index contributed by atoms with van der Waals surface area (Å²) in [6, 6.07) is 7.47. The van der Waals surface area contributed by atoms with Crippen molar-refractivity contribution in [3.63, 3.8) is 0 Å². The number of ether oxygens (including phenoxy) is 1. The molecule has 0 N–H and O–H groups in total. The summed E-state index contributed by atoms with van der Waals surface area (Å²) in [6.07, 6.45) is 0. The predicted molar refractivity (Wildman–Crippen MR) is 77.8 cm³/mol. The van der Waals surface area contributed by atoms with Crippen molar-refractivity contribution >= 4 is 33.0 Å². The van der Waals surface area contributed by atoms with E-state index in [0.717, 1.165) is 14.9 Å². The van der Waals surface area contributed by atoms with Gasteiger partial charge in [0, 0.05) is 4.47 Å². The molecule has 4 heteroatoms. The number of aryl methyl sites for hydroxylation is 1. The summed E-state index contributed by atoms with van der Waals surface area (Å²) in [5, 5.41) is 1.93. The van der Waals surface area contributed by atoms with E-state index in [1.807, 2.05) is 43.5 Å². The van der Waals surface area contributed by atoms with E-state index in [9.17, 15) is 4.79 Å². The second-order valence-corrected chi connectivity index (χ2v) is 5.67. The van der Waals surface area contributed by atoms with Crippen LogP contribution in [-0.4, -0.2) is 12.4 Å². The first-order valence-electron chi connectivity index (χ1n) is 5.64. The molecule has 0 aliphatic rings. The van der Waals surface area contributed by atoms with E-state index < -0.39 is 0 Å². The Morgan fingerprint density at radius 2 is 2.17 bits per heavy atom. The van der Waals surface area contributed by atoms with Crippen molar-refractivity contribution in [3.8, 4) is 5.75 Å². The lowest BCUT2D eigenvalue weighted by atomic mass is 10.1. The minimum absolute atomic E-state index is 0.0206. The fourth-order valence-corrected chi connectivity index (χ4v) is 2.93. The van der Waals surface area contributed by atoms with Crippen molar-refractivity contribution in [3.05, 3.63) is 50.1 Å². The quantitative estimate of drug-likeness (QED) is 0.777. The maximum atomic E-state index is 12.5. The summed E-state index contributed by atoms with van der Waals surface area (Å²) in [4.78, 5) is 13.3. The molecule has 2 nitrogen and oxygen atoms in total. The van der Waals surface area contributed by atoms with Gasteiger partial charge in [-0.3, -0.25) is 4.79 Å². The third kappa shape index (κ3) is 2.65. The Hall–Kier alpha value is -1.13. The topological polar surface area (TPSA) is 26.3 Å². The largest absolute Gasteiger partial charge is 0.493 e. The van der Waals surface area contributed by atoms with Gasteiger partial charge in [0.15, 0.2) is 0 Å². The van der Waals surface area contributed by atoms with E-state index in [-0.39, 0.29) is 5.78 Å². The Kier molecular flexibility index (Phi) is 4.19. The number of benzene rings is 1. The minimum Gasteiger partial charge on any atom is -0.493 e. The van der Waals surface area contributed by atoms with Crippen molar-refractivity contribution in [2.45, 2.75) is 13.8 Å². The highest BCUT2D eigenvalue weighted by atomic mass is 79.9. The molecule has 0 fully saturated rings. The molecular weight excluding hydrogens is 312 g/mol. The van der Waals surface area contributed by atoms with Gasteiger partial charge in [-0.1, -0.05) is 15.9 Å². The highest BCUT2D eigenvalue weighted by Gasteiger charge is 2.18. The summed E-state index contributed by atoms with van der Waals surface area (Å²) >= 11 is 4.86. The van der Waals surface area contributed by atoms with Crippen LogP contribution in [0.5, 0.6) is 5.75 Å². The number of thiophene rings is 1. The molecule has 0 radical (unpaired) electrons. The number of rotatable bonds is 4. The lowest BCUT2D eigenvalue weighted by Crippen LogP contribution is -2.05. The summed E-state index contributed by atoms with van der Waals surface area (Å²) in [5.41, 5.74) is 1.61. The van der Waals surface area contributed by atoms with Crippen LogP contribution in [0.15, 0.2) is 34.1 Å². The normalized spacial score (nSPS) is 10.4. The van der Waals surface area contributed by atoms with E-state index in [1.54, 1.807) is 0 Å². The lowest BCUT2D eigenvalue weighted by Gasteiger charge is -2.09. The van der Waals surface area contributed by atoms with Gasteiger partial charge in [0.05, 0.1) is 17.0 Å². The Morgan fingerprint density at radius 1 is 1.39 bits per heavy atom. The molecular formula is C14H13BrO2S. The number of hydrogen-bond acceptors (Lipinski definition) is 3. The van der Waals surface area contributed by atoms with Crippen LogP contribution in [-0.2, 0) is 0 Å². The fraction of sp³-hybridized carbons (Fsp3) is 0.214. The third-order valence-electron chi connectivity index (χ3n) is 2.55. The first-order chi connectivity index (χ1) is 8.63. The first-order valence-corrected chi connectivity index (χ1v) is 7.32. The van der Waals surface area contributed by atoms with Gasteiger partial charge in [0.2, 0.25) is 5.78 Å². The summed E-state index contributed by atoms with van der Waals surface area (Å²) < 4.78 is 6.39. The number of carbonyl (C=O) groups is 1. The van der Waals surface area contributed by atoms with Crippen LogP contribution >= 0.6 is 27.3 Å². The van der Waals surface area contributed by atoms with Gasteiger partial charge in [0.1, 0.15) is 5.75 Å². The Bertz CT molecular complexity index is 575. The van der Waals surface area contributed by atoms with Gasteiger partial charge in [-0.2, -0.15) is 0 Å². The van der Waals surface area contributed by atoms with E-state index in [4.69, 9.17) is 4.74 Å². The van der Waals surface area contributed by atoms with Gasteiger partial charge in [-0.25, -0.2) is 0 Å². The molecule has 0 atom stereocenters. The summed E-state index contributed by atoms with van der Waals surface area (Å²) in [5.74, 6) is 0.658. The van der Waals surface area contributed by atoms with Crippen LogP contribution in [0, 0.1) is 6.92 Å². The molecule has 1 heterocycles. The number of ketones is 1. The molecule has 94 valence electrons. The van der Waals surface area contributed by atoms with Gasteiger partial charge in [0.25, 0.3) is 0 Å². The van der Waals surface area contributed by atoms with Gasteiger partial charge < -0.3 is 4.74 Å². The van der Waals surface area contributed by atoms with E-state index in [2.05, 4.69) is 15.9 Å². The number of hydrogen-bond donors (Lipinski definition) is 0. The van der Waals surface area contributed by atoms with Crippen molar-refractivity contribution in [2.75, 3.05) is 6.61 Å². The fourth-order valence-electron chi connectivity index (χ4n) is 1.69. The highest BCUT2D eigenvalue weighted by molar-refractivity contribution is 9.10. The zero-order valence-corrected chi connectivity index (χ0v) is 12.6. The maximum absolute atomic E-state index is 12.5. The van der Waals surface area contributed by atoms with E-state index in [0.29, 0.717) is 17.9 Å². The molecule has 0 saturated carbocycles. The monoisotopic (exact) mass is 324 g/mol. The lowest BCUT2D eigenvalue weighted by molar-refractivity contribution is 0.103. The number of halogens is 1. The molecule has 18 heavy (non-hydrogen) atoms. The van der Waals surface area contributed by atoms with Crippen molar-refractivity contribution < 1.29 is 9.53 Å². The Labute approximate surface area is 119 Å². The van der Waals surface area contributed by atoms with Crippen LogP contribution in [0.25, 0.3) is 0 Å². The molecule has 1 aromatic heterocycles. The average molecular weight is 325 g/mol. The van der Waals surface area contributed by atoms with Gasteiger partial charge in [-0.15, -0.1) is 11.3 Å². The Morgan fingerprint density at radius 3 is 2.78 bits per heavy atom. The van der Waals surface area contributed by atoms with Crippen LogP contribution in [0.2, 0.25) is 0 Å². The van der Waals surface area contributed by atoms with Gasteiger partial charge in [-0.05, 0) is 49.1 Å². The standard InChI is InChI=1S/C14H13BrO2S/c1-3-17-12-5-4-10(15)8-11(12)13(16)14-9(2)6-7-18-14/h4-8H,3H2,1-2H3. The van der Waals surface area contributed by atoms with Crippen molar-refractivity contribution in [2.24, 2.45) is 0 Å². The molecule has 1 aromatic carbocycles. The minimum atomic E-state index is 0.0206. The summed E-state index contributed by atoms with van der Waals surface area (Å²) in [6.45, 7) is 4.40. The molecule has 0 amide bonds. The molecule has 0 unspecified atom stereocenters. The molecule has 0 aliphatic carbocycles. The molecule has 0 aliphatic heterocycles. The maximum Gasteiger partial charge on any atom is 0.206 e. The Balaban J connectivity index is 2.46. The van der Waals surface area contributed by atoms with Crippen molar-refractivity contribution in [1.29, 1.82) is 0 Å². The molecule has 2 rings (SSSR count). The summed E-state index contributed by atoms with van der Waals surface area (Å²) in [7, 11) is 0.